The van der Waals surface area contributed by atoms with Crippen LogP contribution in [-0.4, -0.2) is 39.9 Å². The molecule has 132 valence electrons. The Morgan fingerprint density at radius 1 is 1.08 bits per heavy atom. The van der Waals surface area contributed by atoms with E-state index in [2.05, 4.69) is 31.1 Å². The van der Waals surface area contributed by atoms with Gasteiger partial charge in [0.25, 0.3) is 0 Å². The fraction of sp³-hybridized carbons (Fsp3) is 0.556. The largest absolute Gasteiger partial charge is 0.476 e. The van der Waals surface area contributed by atoms with Crippen LogP contribution in [0.15, 0.2) is 18.5 Å². The Morgan fingerprint density at radius 2 is 1.84 bits per heavy atom. The smallest absolute Gasteiger partial charge is 0.233 e. The molecule has 1 aliphatic carbocycles. The number of nitrogens with zero attached hydrogens (tertiary/aromatic N) is 5. The number of piperidine rings is 1. The van der Waals surface area contributed by atoms with Crippen molar-refractivity contribution >= 4 is 17.5 Å². The van der Waals surface area contributed by atoms with Crippen molar-refractivity contribution in [2.75, 3.05) is 24.6 Å². The Bertz CT molecular complexity index is 716. The predicted molar refractivity (Wildman–Crippen MR) is 96.1 cm³/mol. The maximum atomic E-state index is 5.93. The van der Waals surface area contributed by atoms with Gasteiger partial charge in [0, 0.05) is 19.2 Å². The molecule has 0 amide bonds. The van der Waals surface area contributed by atoms with Crippen LogP contribution in [0.2, 0.25) is 5.02 Å². The number of ether oxygens (including phenoxy) is 1. The molecule has 2 aliphatic rings. The van der Waals surface area contributed by atoms with Crippen molar-refractivity contribution in [3.63, 3.8) is 0 Å². The number of aromatic nitrogens is 4. The van der Waals surface area contributed by atoms with E-state index >= 15 is 0 Å². The molecule has 0 radical (unpaired) electrons. The van der Waals surface area contributed by atoms with Gasteiger partial charge < -0.3 is 9.64 Å². The molecular weight excluding hydrogens is 338 g/mol. The summed E-state index contributed by atoms with van der Waals surface area (Å²) in [5.41, 5.74) is 2.46. The molecule has 1 saturated heterocycles. The van der Waals surface area contributed by atoms with Crippen molar-refractivity contribution in [1.82, 2.24) is 20.2 Å². The Kier molecular flexibility index (Phi) is 4.97. The molecule has 0 N–H and O–H groups in total. The third-order valence-electron chi connectivity index (χ3n) is 5.02. The van der Waals surface area contributed by atoms with E-state index in [0.29, 0.717) is 23.4 Å². The van der Waals surface area contributed by atoms with Gasteiger partial charge >= 0.3 is 0 Å². The highest BCUT2D eigenvalue weighted by Gasteiger charge is 2.22. The van der Waals surface area contributed by atoms with Crippen LogP contribution in [0.3, 0.4) is 0 Å². The summed E-state index contributed by atoms with van der Waals surface area (Å²) in [6.07, 6.45) is 10.0. The fourth-order valence-electron chi connectivity index (χ4n) is 3.51. The normalized spacial score (nSPS) is 18.0. The molecule has 0 unspecified atom stereocenters. The Morgan fingerprint density at radius 3 is 2.64 bits per heavy atom. The van der Waals surface area contributed by atoms with Gasteiger partial charge in [-0.3, -0.25) is 0 Å². The number of rotatable bonds is 4. The molecular formula is C18H22ClN5O. The highest BCUT2D eigenvalue weighted by Crippen LogP contribution is 2.24. The first-order valence-corrected chi connectivity index (χ1v) is 9.36. The van der Waals surface area contributed by atoms with Crippen LogP contribution in [-0.2, 0) is 12.8 Å². The topological polar surface area (TPSA) is 64.0 Å². The van der Waals surface area contributed by atoms with Gasteiger partial charge in [0.1, 0.15) is 0 Å². The van der Waals surface area contributed by atoms with Crippen molar-refractivity contribution < 1.29 is 4.74 Å². The maximum Gasteiger partial charge on any atom is 0.233 e. The molecule has 0 bridgehead atoms. The lowest BCUT2D eigenvalue weighted by Crippen LogP contribution is -2.36. The highest BCUT2D eigenvalue weighted by atomic mass is 35.5. The summed E-state index contributed by atoms with van der Waals surface area (Å²) in [6, 6.07) is 2.08. The molecule has 3 heterocycles. The van der Waals surface area contributed by atoms with E-state index in [-0.39, 0.29) is 0 Å². The summed E-state index contributed by atoms with van der Waals surface area (Å²) in [7, 11) is 0. The third-order valence-corrected chi connectivity index (χ3v) is 5.21. The van der Waals surface area contributed by atoms with Crippen molar-refractivity contribution in [3.05, 3.63) is 34.7 Å². The van der Waals surface area contributed by atoms with Gasteiger partial charge in [-0.1, -0.05) is 11.6 Å². The summed E-state index contributed by atoms with van der Waals surface area (Å²) in [5, 5.41) is 9.13. The van der Waals surface area contributed by atoms with Crippen molar-refractivity contribution in [3.8, 4) is 5.88 Å². The number of hydrogen-bond acceptors (Lipinski definition) is 6. The van der Waals surface area contributed by atoms with E-state index in [4.69, 9.17) is 16.3 Å². The van der Waals surface area contributed by atoms with E-state index < -0.39 is 0 Å². The minimum Gasteiger partial charge on any atom is -0.476 e. The van der Waals surface area contributed by atoms with E-state index in [0.717, 1.165) is 50.4 Å². The van der Waals surface area contributed by atoms with Gasteiger partial charge in [-0.05, 0) is 50.0 Å². The standard InChI is InChI=1S/C18H22ClN5O/c19-15-10-20-18(21-11-15)24-7-5-13(6-8-24)12-25-17-9-14-3-1-2-4-16(14)22-23-17/h9-11,13H,1-8,12H2. The van der Waals surface area contributed by atoms with E-state index in [1.165, 1.54) is 18.4 Å². The van der Waals surface area contributed by atoms with E-state index in [1.54, 1.807) is 12.4 Å². The summed E-state index contributed by atoms with van der Waals surface area (Å²) < 4.78 is 5.93. The van der Waals surface area contributed by atoms with Gasteiger partial charge in [0.05, 0.1) is 29.7 Å². The summed E-state index contributed by atoms with van der Waals surface area (Å²) in [5.74, 6) is 1.95. The zero-order valence-corrected chi connectivity index (χ0v) is 15.0. The number of fused-ring (bicyclic) bond motifs is 1. The minimum absolute atomic E-state index is 0.529. The van der Waals surface area contributed by atoms with Crippen molar-refractivity contribution in [2.24, 2.45) is 5.92 Å². The molecule has 0 atom stereocenters. The number of hydrogen-bond donors (Lipinski definition) is 0. The molecule has 7 heteroatoms. The molecule has 2 aromatic heterocycles. The van der Waals surface area contributed by atoms with Gasteiger partial charge in [0.2, 0.25) is 11.8 Å². The Hall–Kier alpha value is -1.95. The third kappa shape index (κ3) is 4.00. The van der Waals surface area contributed by atoms with Crippen LogP contribution in [0.1, 0.15) is 36.9 Å². The van der Waals surface area contributed by atoms with Gasteiger partial charge in [-0.2, -0.15) is 5.10 Å². The molecule has 1 fully saturated rings. The molecule has 1 aliphatic heterocycles. The van der Waals surface area contributed by atoms with Crippen LogP contribution >= 0.6 is 11.6 Å². The van der Waals surface area contributed by atoms with Gasteiger partial charge in [-0.25, -0.2) is 9.97 Å². The summed E-state index contributed by atoms with van der Waals surface area (Å²) in [6.45, 7) is 2.57. The zero-order valence-electron chi connectivity index (χ0n) is 14.2. The first kappa shape index (κ1) is 16.5. The predicted octanol–water partition coefficient (Wildman–Crippen LogP) is 3.09. The van der Waals surface area contributed by atoms with Gasteiger partial charge in [0.15, 0.2) is 0 Å². The molecule has 4 rings (SSSR count). The Balaban J connectivity index is 1.28. The zero-order chi connectivity index (χ0) is 17.1. The molecule has 25 heavy (non-hydrogen) atoms. The molecule has 0 spiro atoms. The average molecular weight is 360 g/mol. The van der Waals surface area contributed by atoms with Gasteiger partial charge in [-0.15, -0.1) is 5.10 Å². The van der Waals surface area contributed by atoms with Crippen LogP contribution in [0.25, 0.3) is 0 Å². The minimum atomic E-state index is 0.529. The van der Waals surface area contributed by atoms with E-state index in [9.17, 15) is 0 Å². The second kappa shape index (κ2) is 7.52. The summed E-state index contributed by atoms with van der Waals surface area (Å²) in [4.78, 5) is 10.8. The van der Waals surface area contributed by atoms with E-state index in [1.807, 2.05) is 0 Å². The molecule has 0 aromatic carbocycles. The number of anilines is 1. The lowest BCUT2D eigenvalue weighted by Gasteiger charge is -2.31. The number of halogens is 1. The highest BCUT2D eigenvalue weighted by molar-refractivity contribution is 6.30. The lowest BCUT2D eigenvalue weighted by atomic mass is 9.97. The van der Waals surface area contributed by atoms with Crippen LogP contribution in [0, 0.1) is 5.92 Å². The molecule has 6 nitrogen and oxygen atoms in total. The van der Waals surface area contributed by atoms with Crippen LogP contribution in [0.4, 0.5) is 5.95 Å². The van der Waals surface area contributed by atoms with Crippen molar-refractivity contribution in [1.29, 1.82) is 0 Å². The SMILES string of the molecule is Clc1cnc(N2CCC(COc3cc4c(nn3)CCCC4)CC2)nc1. The first-order chi connectivity index (χ1) is 12.3. The first-order valence-electron chi connectivity index (χ1n) is 8.99. The molecule has 0 saturated carbocycles. The second-order valence-electron chi connectivity index (χ2n) is 6.80. The average Bonchev–Trinajstić information content (AvgIpc) is 2.67. The second-order valence-corrected chi connectivity index (χ2v) is 7.24. The fourth-order valence-corrected chi connectivity index (χ4v) is 3.61. The lowest BCUT2D eigenvalue weighted by molar-refractivity contribution is 0.213. The monoisotopic (exact) mass is 359 g/mol. The maximum absolute atomic E-state index is 5.93. The Labute approximate surface area is 152 Å². The quantitative estimate of drug-likeness (QED) is 0.835. The van der Waals surface area contributed by atoms with Crippen LogP contribution in [0.5, 0.6) is 5.88 Å². The molecule has 2 aromatic rings. The van der Waals surface area contributed by atoms with Crippen LogP contribution < -0.4 is 9.64 Å². The summed E-state index contributed by atoms with van der Waals surface area (Å²) >= 11 is 5.85. The van der Waals surface area contributed by atoms with Crippen molar-refractivity contribution in [2.45, 2.75) is 38.5 Å². The number of aryl methyl sites for hydroxylation is 2.